The van der Waals surface area contributed by atoms with Gasteiger partial charge in [-0.3, -0.25) is 4.52 Å². The molecule has 27 heavy (non-hydrogen) atoms. The maximum absolute atomic E-state index is 10.2. The number of fused-ring (bicyclic) bond motifs is 3. The fraction of sp³-hybridized carbons (Fsp3) is 0.733. The van der Waals surface area contributed by atoms with Crippen LogP contribution in [0.2, 0.25) is 0 Å². The highest BCUT2D eigenvalue weighted by atomic mass is 127. The quantitative estimate of drug-likeness (QED) is 0.337. The minimum atomic E-state index is -3.32. The van der Waals surface area contributed by atoms with E-state index in [1.165, 1.54) is 13.4 Å². The average molecular weight is 528 g/mol. The number of nitrogens with two attached hydrogens (primary N) is 1. The molecule has 2 fully saturated rings. The van der Waals surface area contributed by atoms with E-state index in [1.807, 2.05) is 6.92 Å². The van der Waals surface area contributed by atoms with Crippen LogP contribution in [0.4, 0.5) is 11.5 Å². The first-order chi connectivity index (χ1) is 12.9. The van der Waals surface area contributed by atoms with Crippen molar-refractivity contribution >= 4 is 51.1 Å². The molecule has 3 aliphatic heterocycles. The Labute approximate surface area is 172 Å². The highest BCUT2D eigenvalue weighted by molar-refractivity contribution is 14.2. The van der Waals surface area contributed by atoms with Crippen LogP contribution in [0.3, 0.4) is 0 Å². The molecule has 9 nitrogen and oxygen atoms in total. The molecule has 0 amide bonds. The predicted molar refractivity (Wildman–Crippen MR) is 111 cm³/mol. The van der Waals surface area contributed by atoms with Crippen LogP contribution >= 0.6 is 27.8 Å². The minimum absolute atomic E-state index is 0.157. The SMILES string of the molecule is CCC12CO[C@@H]([C@H]1OP(O)(=S)OC)[C@H](C1CCc3ncnc(N)c3N=I1)O2. The molecule has 0 aliphatic carbocycles. The number of nitrogens with zero attached hydrogens (tertiary/aromatic N) is 3. The van der Waals surface area contributed by atoms with Crippen molar-refractivity contribution < 1.29 is 23.4 Å². The van der Waals surface area contributed by atoms with Crippen molar-refractivity contribution in [2.75, 3.05) is 19.5 Å². The summed E-state index contributed by atoms with van der Waals surface area (Å²) in [6.07, 6.45) is 2.94. The summed E-state index contributed by atoms with van der Waals surface area (Å²) in [5.41, 5.74) is 6.97. The Balaban J connectivity index is 1.58. The molecule has 6 atom stereocenters. The lowest BCUT2D eigenvalue weighted by atomic mass is 9.95. The monoisotopic (exact) mass is 528 g/mol. The van der Waals surface area contributed by atoms with Gasteiger partial charge in [0.05, 0.1) is 16.2 Å². The number of alkyl halides is 1. The topological polar surface area (TPSA) is 121 Å². The summed E-state index contributed by atoms with van der Waals surface area (Å²) in [5.74, 6) is 0.428. The van der Waals surface area contributed by atoms with Crippen molar-refractivity contribution in [3.8, 4) is 0 Å². The molecule has 4 rings (SSSR count). The molecule has 0 spiro atoms. The second-order valence-electron chi connectivity index (χ2n) is 6.74. The van der Waals surface area contributed by atoms with Crippen LogP contribution in [-0.2, 0) is 36.7 Å². The van der Waals surface area contributed by atoms with Gasteiger partial charge in [-0.15, -0.1) is 0 Å². The summed E-state index contributed by atoms with van der Waals surface area (Å²) in [7, 11) is 1.35. The summed E-state index contributed by atoms with van der Waals surface area (Å²) in [4.78, 5) is 18.6. The Morgan fingerprint density at radius 2 is 2.30 bits per heavy atom. The number of nitrogen functional groups attached to an aromatic ring is 1. The molecule has 3 N–H and O–H groups in total. The van der Waals surface area contributed by atoms with E-state index in [1.54, 1.807) is 0 Å². The molecule has 150 valence electrons. The van der Waals surface area contributed by atoms with Gasteiger partial charge in [0, 0.05) is 28.1 Å². The van der Waals surface area contributed by atoms with Crippen LogP contribution in [-0.4, -0.2) is 56.4 Å². The Morgan fingerprint density at radius 3 is 3.04 bits per heavy atom. The molecular weight excluding hydrogens is 506 g/mol. The van der Waals surface area contributed by atoms with Crippen LogP contribution in [0, 0.1) is 0 Å². The first-order valence-corrected chi connectivity index (χ1v) is 13.5. The molecule has 0 radical (unpaired) electrons. The van der Waals surface area contributed by atoms with Gasteiger partial charge in [-0.2, -0.15) is 0 Å². The number of ether oxygens (including phenoxy) is 2. The summed E-state index contributed by atoms with van der Waals surface area (Å²) in [6.45, 7) is -0.868. The average Bonchev–Trinajstić information content (AvgIpc) is 3.03. The van der Waals surface area contributed by atoms with Crippen molar-refractivity contribution in [3.63, 3.8) is 0 Å². The zero-order valence-electron chi connectivity index (χ0n) is 14.9. The predicted octanol–water partition coefficient (Wildman–Crippen LogP) is 2.35. The number of hydrogen-bond donors (Lipinski definition) is 2. The molecule has 3 unspecified atom stereocenters. The maximum Gasteiger partial charge on any atom is 0.324 e. The van der Waals surface area contributed by atoms with Crippen LogP contribution in [0.5, 0.6) is 0 Å². The molecule has 0 saturated carbocycles. The van der Waals surface area contributed by atoms with Gasteiger partial charge in [0.25, 0.3) is 0 Å². The number of anilines is 1. The first kappa shape index (κ1) is 20.1. The Bertz CT molecular complexity index is 816. The van der Waals surface area contributed by atoms with E-state index in [-0.39, 0.29) is 16.1 Å². The number of aromatic nitrogens is 2. The number of halogens is 1. The van der Waals surface area contributed by atoms with Crippen LogP contribution in [0.15, 0.2) is 9.47 Å². The van der Waals surface area contributed by atoms with Crippen molar-refractivity contribution in [2.24, 2.45) is 3.15 Å². The van der Waals surface area contributed by atoms with Crippen LogP contribution in [0.1, 0.15) is 25.5 Å². The summed E-state index contributed by atoms with van der Waals surface area (Å²) >= 11 is 4.46. The van der Waals surface area contributed by atoms with Gasteiger partial charge in [0.1, 0.15) is 35.9 Å². The van der Waals surface area contributed by atoms with Gasteiger partial charge in [0.15, 0.2) is 5.82 Å². The third kappa shape index (κ3) is 3.61. The Hall–Kier alpha value is -0.140. The molecule has 3 aliphatic rings. The van der Waals surface area contributed by atoms with Crippen molar-refractivity contribution in [3.05, 3.63) is 12.0 Å². The van der Waals surface area contributed by atoms with Crippen molar-refractivity contribution in [1.29, 1.82) is 0 Å². The number of hydrogen-bond acceptors (Lipinski definition) is 9. The molecule has 1 aromatic rings. The maximum atomic E-state index is 10.2. The van der Waals surface area contributed by atoms with Crippen molar-refractivity contribution in [1.82, 2.24) is 9.97 Å². The number of aryl methyl sites for hydroxylation is 1. The van der Waals surface area contributed by atoms with Gasteiger partial charge in [-0.1, -0.05) is 6.92 Å². The smallest absolute Gasteiger partial charge is 0.324 e. The second-order valence-corrected chi connectivity index (χ2v) is 12.3. The van der Waals surface area contributed by atoms with Gasteiger partial charge in [-0.25, -0.2) is 13.1 Å². The molecule has 1 aromatic heterocycles. The van der Waals surface area contributed by atoms with Crippen LogP contribution in [0.25, 0.3) is 0 Å². The zero-order chi connectivity index (χ0) is 19.2. The van der Waals surface area contributed by atoms with Crippen molar-refractivity contribution in [2.45, 2.75) is 54.0 Å². The molecule has 12 heteroatoms. The van der Waals surface area contributed by atoms with E-state index in [0.29, 0.717) is 18.8 Å². The third-order valence-electron chi connectivity index (χ3n) is 5.31. The lowest BCUT2D eigenvalue weighted by molar-refractivity contribution is -0.144. The standard InChI is InChI=1S/C15H22IN4O5PS/c1-3-15-6-23-12(13(15)25-26(21,27)22-2)11(24-15)8-4-5-9-10(20-16-8)14(17)19-7-18-9/h7-8,11-13H,3-6H2,1-2H3,(H,21,27)(H2,17,18,19)/t8?,11-,12+,13+,15?,26?/m0/s1. The second kappa shape index (κ2) is 7.60. The van der Waals surface area contributed by atoms with Gasteiger partial charge in [-0.05, 0) is 31.1 Å². The van der Waals surface area contributed by atoms with Gasteiger partial charge in [0.2, 0.25) is 0 Å². The minimum Gasteiger partial charge on any atom is -0.382 e. The molecule has 2 bridgehead atoms. The molecule has 4 heterocycles. The highest BCUT2D eigenvalue weighted by Crippen LogP contribution is 2.55. The van der Waals surface area contributed by atoms with Gasteiger partial charge >= 0.3 is 6.72 Å². The molecule has 2 saturated heterocycles. The summed E-state index contributed by atoms with van der Waals surface area (Å²) in [6, 6.07) is 0. The fourth-order valence-corrected chi connectivity index (χ4v) is 7.37. The van der Waals surface area contributed by atoms with E-state index in [2.05, 4.69) is 9.97 Å². The van der Waals surface area contributed by atoms with Crippen LogP contribution < -0.4 is 5.73 Å². The number of rotatable bonds is 5. The largest absolute Gasteiger partial charge is 0.382 e. The summed E-state index contributed by atoms with van der Waals surface area (Å²) < 4.78 is 28.3. The fourth-order valence-electron chi connectivity index (χ4n) is 3.78. The third-order valence-corrected chi connectivity index (χ3v) is 9.77. The molecular formula is C15H22IN4O5PS. The van der Waals surface area contributed by atoms with Gasteiger partial charge < -0.3 is 24.6 Å². The molecule has 0 aromatic carbocycles. The highest BCUT2D eigenvalue weighted by Gasteiger charge is 2.63. The van der Waals surface area contributed by atoms with E-state index >= 15 is 0 Å². The normalized spacial score (nSPS) is 37.3. The van der Waals surface area contributed by atoms with E-state index in [4.69, 9.17) is 39.2 Å². The Kier molecular flexibility index (Phi) is 5.67. The van der Waals surface area contributed by atoms with E-state index < -0.39 is 39.5 Å². The lowest BCUT2D eigenvalue weighted by Gasteiger charge is -2.32. The lowest BCUT2D eigenvalue weighted by Crippen LogP contribution is -2.42. The first-order valence-electron chi connectivity index (χ1n) is 8.68. The Morgan fingerprint density at radius 1 is 1.48 bits per heavy atom. The van der Waals surface area contributed by atoms with E-state index in [9.17, 15) is 4.89 Å². The van der Waals surface area contributed by atoms with E-state index in [0.717, 1.165) is 24.2 Å². The summed E-state index contributed by atoms with van der Waals surface area (Å²) in [5, 5.41) is 0. The zero-order valence-corrected chi connectivity index (χ0v) is 18.8.